The Morgan fingerprint density at radius 3 is 2.50 bits per heavy atom. The van der Waals surface area contributed by atoms with E-state index in [9.17, 15) is 4.79 Å². The fourth-order valence-electron chi connectivity index (χ4n) is 3.16. The van der Waals surface area contributed by atoms with Crippen molar-refractivity contribution in [3.05, 3.63) is 90.0 Å². The maximum Gasteiger partial charge on any atom is 0.242 e. The van der Waals surface area contributed by atoms with Crippen molar-refractivity contribution in [3.8, 4) is 11.4 Å². The minimum Gasteiger partial charge on any atom is -0.492 e. The quantitative estimate of drug-likeness (QED) is 0.391. The van der Waals surface area contributed by atoms with Gasteiger partial charge in [0.25, 0.3) is 0 Å². The van der Waals surface area contributed by atoms with E-state index in [0.29, 0.717) is 23.2 Å². The van der Waals surface area contributed by atoms with Crippen LogP contribution in [0.25, 0.3) is 5.69 Å². The highest BCUT2D eigenvalue weighted by molar-refractivity contribution is 8.00. The third-order valence-corrected chi connectivity index (χ3v) is 5.92. The first-order chi connectivity index (χ1) is 15.7. The Balaban J connectivity index is 1.64. The van der Waals surface area contributed by atoms with Crippen LogP contribution in [-0.4, -0.2) is 32.7 Å². The summed E-state index contributed by atoms with van der Waals surface area (Å²) < 4.78 is 7.30. The second-order valence-electron chi connectivity index (χ2n) is 7.04. The van der Waals surface area contributed by atoms with Gasteiger partial charge in [-0.2, -0.15) is 4.68 Å². The van der Waals surface area contributed by atoms with E-state index in [-0.39, 0.29) is 5.91 Å². The molecule has 3 aromatic carbocycles. The van der Waals surface area contributed by atoms with Gasteiger partial charge in [0, 0.05) is 0 Å². The molecule has 8 heteroatoms. The van der Waals surface area contributed by atoms with Gasteiger partial charge in [0.15, 0.2) is 0 Å². The molecule has 0 bridgehead atoms. The van der Waals surface area contributed by atoms with Gasteiger partial charge < -0.3 is 10.1 Å². The number of carbonyl (C=O) groups excluding carboxylic acids is 1. The molecule has 0 aliphatic carbocycles. The second-order valence-corrected chi connectivity index (χ2v) is 8.11. The Hall–Kier alpha value is -3.65. The van der Waals surface area contributed by atoms with Crippen LogP contribution in [0.15, 0.2) is 84.0 Å². The highest BCUT2D eigenvalue weighted by Crippen LogP contribution is 2.36. The number of thioether (sulfide) groups is 1. The maximum atomic E-state index is 13.4. The van der Waals surface area contributed by atoms with Gasteiger partial charge in [-0.15, -0.1) is 5.10 Å². The Labute approximate surface area is 190 Å². The molecule has 1 aromatic heterocycles. The van der Waals surface area contributed by atoms with Crippen LogP contribution < -0.4 is 10.1 Å². The number of para-hydroxylation sites is 2. The Morgan fingerprint density at radius 1 is 1.03 bits per heavy atom. The van der Waals surface area contributed by atoms with Gasteiger partial charge in [0.1, 0.15) is 11.0 Å². The number of rotatable bonds is 8. The Kier molecular flexibility index (Phi) is 6.81. The summed E-state index contributed by atoms with van der Waals surface area (Å²) in [5.41, 5.74) is 3.45. The molecule has 7 nitrogen and oxygen atoms in total. The lowest BCUT2D eigenvalue weighted by Gasteiger charge is -2.18. The Bertz CT molecular complexity index is 1180. The Morgan fingerprint density at radius 2 is 1.75 bits per heavy atom. The first-order valence-corrected chi connectivity index (χ1v) is 11.1. The molecule has 4 rings (SSSR count). The number of nitrogens with zero attached hydrogens (tertiary/aromatic N) is 4. The van der Waals surface area contributed by atoms with E-state index >= 15 is 0 Å². The minimum absolute atomic E-state index is 0.188. The van der Waals surface area contributed by atoms with Crippen LogP contribution in [0.1, 0.15) is 23.3 Å². The first-order valence-electron chi connectivity index (χ1n) is 10.3. The zero-order chi connectivity index (χ0) is 22.3. The van der Waals surface area contributed by atoms with Gasteiger partial charge in [-0.1, -0.05) is 71.9 Å². The van der Waals surface area contributed by atoms with Gasteiger partial charge >= 0.3 is 0 Å². The van der Waals surface area contributed by atoms with Crippen LogP contribution in [0.3, 0.4) is 0 Å². The van der Waals surface area contributed by atoms with Crippen molar-refractivity contribution in [1.82, 2.24) is 20.2 Å². The fourth-order valence-corrected chi connectivity index (χ4v) is 4.15. The van der Waals surface area contributed by atoms with Gasteiger partial charge in [-0.05, 0) is 54.1 Å². The summed E-state index contributed by atoms with van der Waals surface area (Å²) in [7, 11) is 0. The zero-order valence-corrected chi connectivity index (χ0v) is 18.6. The molecular weight excluding hydrogens is 422 g/mol. The lowest BCUT2D eigenvalue weighted by atomic mass is 10.1. The normalized spacial score (nSPS) is 11.7. The molecule has 1 N–H and O–H groups in total. The maximum absolute atomic E-state index is 13.4. The van der Waals surface area contributed by atoms with Crippen molar-refractivity contribution in [2.75, 3.05) is 11.9 Å². The largest absolute Gasteiger partial charge is 0.492 e. The predicted octanol–water partition coefficient (Wildman–Crippen LogP) is 4.84. The van der Waals surface area contributed by atoms with Crippen molar-refractivity contribution < 1.29 is 9.53 Å². The number of hydrogen-bond acceptors (Lipinski definition) is 6. The summed E-state index contributed by atoms with van der Waals surface area (Å²) >= 11 is 1.29. The van der Waals surface area contributed by atoms with Crippen LogP contribution in [-0.2, 0) is 4.79 Å². The number of tetrazole rings is 1. The number of hydrogen-bond donors (Lipinski definition) is 1. The van der Waals surface area contributed by atoms with Gasteiger partial charge in [-0.25, -0.2) is 0 Å². The van der Waals surface area contributed by atoms with Crippen LogP contribution in [0.2, 0.25) is 0 Å². The SMILES string of the molecule is CCOc1ccccc1NC(=O)C(Sc1nnnn1-c1ccc(C)cc1)c1ccccc1. The molecule has 0 radical (unpaired) electrons. The number of aromatic nitrogens is 4. The lowest BCUT2D eigenvalue weighted by Crippen LogP contribution is -2.20. The lowest BCUT2D eigenvalue weighted by molar-refractivity contribution is -0.115. The highest BCUT2D eigenvalue weighted by atomic mass is 32.2. The van der Waals surface area contributed by atoms with Crippen LogP contribution in [0.5, 0.6) is 5.75 Å². The molecule has 0 saturated heterocycles. The second kappa shape index (κ2) is 10.1. The average Bonchev–Trinajstić information content (AvgIpc) is 3.28. The molecule has 0 aliphatic rings. The monoisotopic (exact) mass is 445 g/mol. The number of anilines is 1. The summed E-state index contributed by atoms with van der Waals surface area (Å²) in [6, 6.07) is 24.9. The summed E-state index contributed by atoms with van der Waals surface area (Å²) in [5, 5.41) is 15.1. The van der Waals surface area contributed by atoms with E-state index in [4.69, 9.17) is 4.74 Å². The highest BCUT2D eigenvalue weighted by Gasteiger charge is 2.26. The summed E-state index contributed by atoms with van der Waals surface area (Å²) in [6.07, 6.45) is 0. The number of nitrogens with one attached hydrogen (secondary N) is 1. The van der Waals surface area contributed by atoms with Gasteiger partial charge in [0.05, 0.1) is 18.0 Å². The van der Waals surface area contributed by atoms with E-state index in [1.807, 2.05) is 92.7 Å². The smallest absolute Gasteiger partial charge is 0.242 e. The average molecular weight is 446 g/mol. The molecule has 162 valence electrons. The fraction of sp³-hybridized carbons (Fsp3) is 0.167. The number of amides is 1. The molecule has 4 aromatic rings. The predicted molar refractivity (Wildman–Crippen MR) is 125 cm³/mol. The molecule has 1 heterocycles. The number of benzene rings is 3. The van der Waals surface area contributed by atoms with Crippen molar-refractivity contribution in [1.29, 1.82) is 0 Å². The molecule has 0 spiro atoms. The number of aryl methyl sites for hydroxylation is 1. The van der Waals surface area contributed by atoms with Crippen molar-refractivity contribution in [3.63, 3.8) is 0 Å². The van der Waals surface area contributed by atoms with E-state index in [1.54, 1.807) is 4.68 Å². The third kappa shape index (κ3) is 4.97. The molecule has 1 amide bonds. The topological polar surface area (TPSA) is 81.9 Å². The van der Waals surface area contributed by atoms with Crippen molar-refractivity contribution >= 4 is 23.4 Å². The van der Waals surface area contributed by atoms with Gasteiger partial charge in [0.2, 0.25) is 11.1 Å². The van der Waals surface area contributed by atoms with Crippen LogP contribution >= 0.6 is 11.8 Å². The van der Waals surface area contributed by atoms with Gasteiger partial charge in [-0.3, -0.25) is 4.79 Å². The first kappa shape index (κ1) is 21.6. The van der Waals surface area contributed by atoms with Crippen LogP contribution in [0, 0.1) is 6.92 Å². The number of ether oxygens (including phenoxy) is 1. The van der Waals surface area contributed by atoms with Crippen molar-refractivity contribution in [2.24, 2.45) is 0 Å². The molecule has 1 unspecified atom stereocenters. The van der Waals surface area contributed by atoms with Crippen molar-refractivity contribution in [2.45, 2.75) is 24.3 Å². The van der Waals surface area contributed by atoms with Crippen LogP contribution in [0.4, 0.5) is 5.69 Å². The van der Waals surface area contributed by atoms with E-state index in [0.717, 1.165) is 16.8 Å². The minimum atomic E-state index is -0.568. The summed E-state index contributed by atoms with van der Waals surface area (Å²) in [5.74, 6) is 0.441. The molecular formula is C24H23N5O2S. The summed E-state index contributed by atoms with van der Waals surface area (Å²) in [4.78, 5) is 13.4. The van der Waals surface area contributed by atoms with E-state index in [2.05, 4.69) is 20.8 Å². The molecule has 0 aliphatic heterocycles. The third-order valence-electron chi connectivity index (χ3n) is 4.73. The molecule has 32 heavy (non-hydrogen) atoms. The number of carbonyl (C=O) groups is 1. The molecule has 1 atom stereocenters. The zero-order valence-electron chi connectivity index (χ0n) is 17.8. The van der Waals surface area contributed by atoms with E-state index in [1.165, 1.54) is 11.8 Å². The molecule has 0 saturated carbocycles. The summed E-state index contributed by atoms with van der Waals surface area (Å²) in [6.45, 7) is 4.44. The standard InChI is InChI=1S/C24H23N5O2S/c1-3-31-21-12-8-7-11-20(21)25-23(30)22(18-9-5-4-6-10-18)32-24-26-27-28-29(24)19-15-13-17(2)14-16-19/h4-16,22H,3H2,1-2H3,(H,25,30). The van der Waals surface area contributed by atoms with E-state index < -0.39 is 5.25 Å². The molecule has 0 fully saturated rings.